The van der Waals surface area contributed by atoms with Gasteiger partial charge in [0.15, 0.2) is 5.54 Å². The maximum Gasteiger partial charge on any atom is 0.327 e. The number of carboxylic acid groups (broad SMARTS) is 1. The molecular weight excluding hydrogens is 254 g/mol. The number of benzene rings is 1. The largest absolute Gasteiger partial charge is 0.491 e. The molecule has 1 saturated carbocycles. The molecule has 0 amide bonds. The maximum absolute atomic E-state index is 11.7. The number of rotatable bonds is 7. The first kappa shape index (κ1) is 14.9. The lowest BCUT2D eigenvalue weighted by atomic mass is 9.94. The minimum absolute atomic E-state index is 0.170. The molecule has 0 spiro atoms. The Morgan fingerprint density at radius 2 is 1.95 bits per heavy atom. The molecule has 0 radical (unpaired) electrons. The van der Waals surface area contributed by atoms with E-state index in [0.29, 0.717) is 6.54 Å². The molecule has 1 aromatic carbocycles. The highest BCUT2D eigenvalue weighted by molar-refractivity contribution is 5.80. The van der Waals surface area contributed by atoms with Gasteiger partial charge in [-0.1, -0.05) is 13.0 Å². The van der Waals surface area contributed by atoms with Gasteiger partial charge < -0.3 is 9.84 Å². The fourth-order valence-corrected chi connectivity index (χ4v) is 2.73. The summed E-state index contributed by atoms with van der Waals surface area (Å²) in [5, 5.41) is 12.7. The van der Waals surface area contributed by atoms with Gasteiger partial charge in [0.25, 0.3) is 0 Å². The van der Waals surface area contributed by atoms with Crippen molar-refractivity contribution < 1.29 is 14.6 Å². The van der Waals surface area contributed by atoms with Crippen LogP contribution in [0.15, 0.2) is 18.2 Å². The number of aliphatic carboxylic acids is 1. The molecule has 0 aromatic heterocycles. The zero-order valence-electron chi connectivity index (χ0n) is 12.4. The van der Waals surface area contributed by atoms with E-state index in [9.17, 15) is 9.90 Å². The van der Waals surface area contributed by atoms with Gasteiger partial charge in [-0.15, -0.1) is 0 Å². The molecular formula is C16H23NO3. The van der Waals surface area contributed by atoms with Crippen molar-refractivity contribution in [2.75, 3.05) is 13.2 Å². The molecule has 4 heteroatoms. The molecule has 1 aliphatic rings. The summed E-state index contributed by atoms with van der Waals surface area (Å²) in [6, 6.07) is 5.96. The van der Waals surface area contributed by atoms with E-state index in [0.717, 1.165) is 29.7 Å². The van der Waals surface area contributed by atoms with E-state index in [-0.39, 0.29) is 12.5 Å². The van der Waals surface area contributed by atoms with Gasteiger partial charge in [0, 0.05) is 0 Å². The third-order valence-corrected chi connectivity index (χ3v) is 3.81. The molecule has 4 nitrogen and oxygen atoms in total. The second-order valence-electron chi connectivity index (χ2n) is 5.69. The molecule has 0 bridgehead atoms. The van der Waals surface area contributed by atoms with Gasteiger partial charge in [0.05, 0.1) is 0 Å². The van der Waals surface area contributed by atoms with Crippen LogP contribution < -0.4 is 10.1 Å². The Hall–Kier alpha value is -1.55. The summed E-state index contributed by atoms with van der Waals surface area (Å²) >= 11 is 0. The summed E-state index contributed by atoms with van der Waals surface area (Å²) in [4.78, 5) is 11.7. The molecule has 1 aromatic rings. The Bertz CT molecular complexity index is 476. The smallest absolute Gasteiger partial charge is 0.327 e. The first-order chi connectivity index (χ1) is 9.48. The minimum atomic E-state index is -0.952. The highest BCUT2D eigenvalue weighted by Crippen LogP contribution is 2.40. The normalized spacial score (nSPS) is 17.6. The van der Waals surface area contributed by atoms with E-state index < -0.39 is 11.5 Å². The Labute approximate surface area is 120 Å². The molecule has 1 fully saturated rings. The zero-order valence-corrected chi connectivity index (χ0v) is 12.4. The second kappa shape index (κ2) is 5.83. The van der Waals surface area contributed by atoms with Crippen molar-refractivity contribution in [3.63, 3.8) is 0 Å². The number of hydrogen-bond acceptors (Lipinski definition) is 3. The number of nitrogens with one attached hydrogen (secondary N) is 1. The fraction of sp³-hybridized carbons (Fsp3) is 0.562. The van der Waals surface area contributed by atoms with Gasteiger partial charge in [-0.2, -0.15) is 0 Å². The Morgan fingerprint density at radius 1 is 1.35 bits per heavy atom. The van der Waals surface area contributed by atoms with Gasteiger partial charge in [0.2, 0.25) is 0 Å². The lowest BCUT2D eigenvalue weighted by Gasteiger charge is -2.30. The van der Waals surface area contributed by atoms with Crippen LogP contribution in [0, 0.1) is 19.8 Å². The topological polar surface area (TPSA) is 58.6 Å². The number of aryl methyl sites for hydroxylation is 2. The number of carboxylic acids is 1. The minimum Gasteiger partial charge on any atom is -0.491 e. The average molecular weight is 277 g/mol. The second-order valence-corrected chi connectivity index (χ2v) is 5.69. The van der Waals surface area contributed by atoms with Crippen molar-refractivity contribution >= 4 is 5.97 Å². The monoisotopic (exact) mass is 277 g/mol. The van der Waals surface area contributed by atoms with Crippen molar-refractivity contribution in [1.29, 1.82) is 0 Å². The SMILES string of the molecule is CCNC(COc1cc(C)cc(C)c1)(C(=O)O)C1CC1. The van der Waals surface area contributed by atoms with Crippen molar-refractivity contribution in [3.05, 3.63) is 29.3 Å². The van der Waals surface area contributed by atoms with Crippen molar-refractivity contribution in [1.82, 2.24) is 5.32 Å². The molecule has 0 heterocycles. The van der Waals surface area contributed by atoms with Crippen LogP contribution in [0.5, 0.6) is 5.75 Å². The lowest BCUT2D eigenvalue weighted by molar-refractivity contribution is -0.147. The van der Waals surface area contributed by atoms with Crippen LogP contribution >= 0.6 is 0 Å². The van der Waals surface area contributed by atoms with E-state index in [1.165, 1.54) is 0 Å². The molecule has 1 unspecified atom stereocenters. The average Bonchev–Trinajstić information content (AvgIpc) is 3.17. The number of likely N-dealkylation sites (N-methyl/N-ethyl adjacent to an activating group) is 1. The quantitative estimate of drug-likeness (QED) is 0.804. The third kappa shape index (κ3) is 3.12. The van der Waals surface area contributed by atoms with Crippen LogP contribution in [0.3, 0.4) is 0 Å². The van der Waals surface area contributed by atoms with Crippen LogP contribution in [-0.2, 0) is 4.79 Å². The van der Waals surface area contributed by atoms with Crippen LogP contribution in [0.4, 0.5) is 0 Å². The van der Waals surface area contributed by atoms with E-state index in [1.807, 2.05) is 32.9 Å². The van der Waals surface area contributed by atoms with E-state index in [2.05, 4.69) is 11.4 Å². The molecule has 110 valence electrons. The summed E-state index contributed by atoms with van der Waals surface area (Å²) in [7, 11) is 0. The molecule has 1 atom stereocenters. The van der Waals surface area contributed by atoms with Gasteiger partial charge in [-0.3, -0.25) is 10.1 Å². The fourth-order valence-electron chi connectivity index (χ4n) is 2.73. The first-order valence-corrected chi connectivity index (χ1v) is 7.17. The summed E-state index contributed by atoms with van der Waals surface area (Å²) in [6.07, 6.45) is 1.91. The zero-order chi connectivity index (χ0) is 14.8. The highest BCUT2D eigenvalue weighted by Gasteiger charge is 2.51. The summed E-state index contributed by atoms with van der Waals surface area (Å²) in [5.41, 5.74) is 1.29. The van der Waals surface area contributed by atoms with Crippen molar-refractivity contribution in [2.45, 2.75) is 39.2 Å². The summed E-state index contributed by atoms with van der Waals surface area (Å²) < 4.78 is 5.80. The van der Waals surface area contributed by atoms with Gasteiger partial charge >= 0.3 is 5.97 Å². The van der Waals surface area contributed by atoms with Crippen LogP contribution in [0.2, 0.25) is 0 Å². The molecule has 0 aliphatic heterocycles. The van der Waals surface area contributed by atoms with Gasteiger partial charge in [0.1, 0.15) is 12.4 Å². The Kier molecular flexibility index (Phi) is 4.33. The number of carbonyl (C=O) groups is 1. The van der Waals surface area contributed by atoms with Crippen molar-refractivity contribution in [3.8, 4) is 5.75 Å². The lowest BCUT2D eigenvalue weighted by Crippen LogP contribution is -2.58. The van der Waals surface area contributed by atoms with Crippen LogP contribution in [0.1, 0.15) is 30.9 Å². The molecule has 1 aliphatic carbocycles. The van der Waals surface area contributed by atoms with E-state index >= 15 is 0 Å². The third-order valence-electron chi connectivity index (χ3n) is 3.81. The molecule has 2 N–H and O–H groups in total. The molecule has 2 rings (SSSR count). The first-order valence-electron chi connectivity index (χ1n) is 7.17. The highest BCUT2D eigenvalue weighted by atomic mass is 16.5. The van der Waals surface area contributed by atoms with Crippen LogP contribution in [0.25, 0.3) is 0 Å². The van der Waals surface area contributed by atoms with Crippen molar-refractivity contribution in [2.24, 2.45) is 5.92 Å². The molecule has 0 saturated heterocycles. The van der Waals surface area contributed by atoms with E-state index in [4.69, 9.17) is 4.74 Å². The van der Waals surface area contributed by atoms with Crippen LogP contribution in [-0.4, -0.2) is 29.8 Å². The predicted molar refractivity (Wildman–Crippen MR) is 78.2 cm³/mol. The van der Waals surface area contributed by atoms with Gasteiger partial charge in [-0.25, -0.2) is 0 Å². The summed E-state index contributed by atoms with van der Waals surface area (Å²) in [6.45, 7) is 6.74. The Morgan fingerprint density at radius 3 is 2.40 bits per heavy atom. The number of ether oxygens (including phenoxy) is 1. The Balaban J connectivity index is 2.14. The number of hydrogen-bond donors (Lipinski definition) is 2. The summed E-state index contributed by atoms with van der Waals surface area (Å²) in [5.74, 6) is 0.101. The predicted octanol–water partition coefficient (Wildman–Crippen LogP) is 2.53. The standard InChI is InChI=1S/C16H23NO3/c1-4-17-16(15(18)19,13-5-6-13)10-20-14-8-11(2)7-12(3)9-14/h7-9,13,17H,4-6,10H2,1-3H3,(H,18,19). The van der Waals surface area contributed by atoms with E-state index in [1.54, 1.807) is 0 Å². The molecule has 20 heavy (non-hydrogen) atoms. The maximum atomic E-state index is 11.7. The van der Waals surface area contributed by atoms with Gasteiger partial charge in [-0.05, 0) is 62.4 Å².